The van der Waals surface area contributed by atoms with Crippen LogP contribution in [0.5, 0.6) is 0 Å². The summed E-state index contributed by atoms with van der Waals surface area (Å²) < 4.78 is 0. The molecule has 88 valence electrons. The van der Waals surface area contributed by atoms with Crippen molar-refractivity contribution in [2.45, 2.75) is 38.3 Å². The van der Waals surface area contributed by atoms with Crippen molar-refractivity contribution < 1.29 is 0 Å². The van der Waals surface area contributed by atoms with E-state index in [2.05, 4.69) is 23.8 Å². The molecule has 1 saturated heterocycles. The largest absolute Gasteiger partial charge is 0.330 e. The molecule has 3 atom stereocenters. The summed E-state index contributed by atoms with van der Waals surface area (Å²) in [7, 11) is 2.24. The molecule has 2 fully saturated rings. The highest BCUT2D eigenvalue weighted by Crippen LogP contribution is 2.33. The van der Waals surface area contributed by atoms with Gasteiger partial charge in [0, 0.05) is 18.6 Å². The van der Waals surface area contributed by atoms with E-state index in [1.54, 1.807) is 0 Å². The van der Waals surface area contributed by atoms with Gasteiger partial charge in [-0.25, -0.2) is 0 Å². The fourth-order valence-corrected chi connectivity index (χ4v) is 3.15. The van der Waals surface area contributed by atoms with E-state index in [1.165, 1.54) is 38.9 Å². The van der Waals surface area contributed by atoms with E-state index >= 15 is 0 Å². The van der Waals surface area contributed by atoms with Crippen LogP contribution in [0.4, 0.5) is 0 Å². The van der Waals surface area contributed by atoms with E-state index in [-0.39, 0.29) is 0 Å². The van der Waals surface area contributed by atoms with Crippen molar-refractivity contribution in [3.63, 3.8) is 0 Å². The Kier molecular flexibility index (Phi) is 3.65. The zero-order chi connectivity index (χ0) is 10.8. The van der Waals surface area contributed by atoms with E-state index in [4.69, 9.17) is 5.73 Å². The molecule has 3 heteroatoms. The zero-order valence-electron chi connectivity index (χ0n) is 10.2. The molecule has 15 heavy (non-hydrogen) atoms. The molecular weight excluding hydrogens is 186 g/mol. The van der Waals surface area contributed by atoms with Gasteiger partial charge >= 0.3 is 0 Å². The number of nitrogens with zero attached hydrogens (tertiary/aromatic N) is 2. The highest BCUT2D eigenvalue weighted by Gasteiger charge is 2.37. The molecule has 2 aliphatic rings. The summed E-state index contributed by atoms with van der Waals surface area (Å²) in [6.45, 7) is 6.98. The van der Waals surface area contributed by atoms with Gasteiger partial charge in [0.05, 0.1) is 0 Å². The van der Waals surface area contributed by atoms with Crippen molar-refractivity contribution in [1.29, 1.82) is 0 Å². The number of nitrogens with two attached hydrogens (primary N) is 1. The second-order valence-corrected chi connectivity index (χ2v) is 5.34. The smallest absolute Gasteiger partial charge is 0.0197 e. The third kappa shape index (κ3) is 2.35. The predicted octanol–water partition coefficient (Wildman–Crippen LogP) is 0.750. The normalized spacial score (nSPS) is 39.8. The summed E-state index contributed by atoms with van der Waals surface area (Å²) in [6, 6.07) is 1.49. The number of likely N-dealkylation sites (N-methyl/N-ethyl adjacent to an activating group) is 1. The molecule has 2 N–H and O–H groups in total. The van der Waals surface area contributed by atoms with Crippen LogP contribution in [-0.4, -0.2) is 55.1 Å². The van der Waals surface area contributed by atoms with E-state index < -0.39 is 0 Å². The van der Waals surface area contributed by atoms with Crippen LogP contribution in [0.1, 0.15) is 26.2 Å². The number of hydrogen-bond donors (Lipinski definition) is 1. The van der Waals surface area contributed by atoms with Gasteiger partial charge in [0.2, 0.25) is 0 Å². The van der Waals surface area contributed by atoms with E-state index in [1.807, 2.05) is 0 Å². The molecule has 0 aromatic carbocycles. The van der Waals surface area contributed by atoms with Crippen LogP contribution in [0.3, 0.4) is 0 Å². The maximum Gasteiger partial charge on any atom is 0.0197 e. The summed E-state index contributed by atoms with van der Waals surface area (Å²) in [5.74, 6) is 0.774. The van der Waals surface area contributed by atoms with Crippen molar-refractivity contribution in [2.24, 2.45) is 11.7 Å². The van der Waals surface area contributed by atoms with Gasteiger partial charge in [0.1, 0.15) is 0 Å². The lowest BCUT2D eigenvalue weighted by molar-refractivity contribution is 0.0386. The quantitative estimate of drug-likeness (QED) is 0.731. The third-order valence-corrected chi connectivity index (χ3v) is 4.20. The van der Waals surface area contributed by atoms with Crippen LogP contribution >= 0.6 is 0 Å². The Morgan fingerprint density at radius 1 is 1.27 bits per heavy atom. The molecule has 2 rings (SSSR count). The standard InChI is InChI=1S/C12H25N3/c1-10-9-14(2)6-3-7-15(10)12-5-4-11(12)8-13/h10-12H,3-9,13H2,1-2H3. The van der Waals surface area contributed by atoms with Gasteiger partial charge in [0.25, 0.3) is 0 Å². The van der Waals surface area contributed by atoms with Crippen LogP contribution in [-0.2, 0) is 0 Å². The Hall–Kier alpha value is -0.120. The minimum atomic E-state index is 0.705. The molecule has 0 bridgehead atoms. The molecule has 3 nitrogen and oxygen atoms in total. The Morgan fingerprint density at radius 2 is 2.07 bits per heavy atom. The molecule has 3 unspecified atom stereocenters. The third-order valence-electron chi connectivity index (χ3n) is 4.20. The van der Waals surface area contributed by atoms with E-state index in [9.17, 15) is 0 Å². The molecule has 1 heterocycles. The van der Waals surface area contributed by atoms with Crippen LogP contribution in [0.25, 0.3) is 0 Å². The first-order valence-corrected chi connectivity index (χ1v) is 6.36. The molecule has 0 radical (unpaired) electrons. The first kappa shape index (κ1) is 11.4. The van der Waals surface area contributed by atoms with Gasteiger partial charge < -0.3 is 10.6 Å². The average Bonchev–Trinajstić information content (AvgIpc) is 2.28. The summed E-state index contributed by atoms with van der Waals surface area (Å²) in [6.07, 6.45) is 4.03. The second kappa shape index (κ2) is 4.81. The highest BCUT2D eigenvalue weighted by atomic mass is 15.3. The maximum absolute atomic E-state index is 5.81. The molecule has 0 amide bonds. The summed E-state index contributed by atoms with van der Waals surface area (Å²) in [5, 5.41) is 0. The molecule has 0 aromatic rings. The fraction of sp³-hybridized carbons (Fsp3) is 1.00. The van der Waals surface area contributed by atoms with Crippen molar-refractivity contribution in [1.82, 2.24) is 9.80 Å². The van der Waals surface area contributed by atoms with Crippen molar-refractivity contribution in [3.8, 4) is 0 Å². The Morgan fingerprint density at radius 3 is 2.67 bits per heavy atom. The van der Waals surface area contributed by atoms with E-state index in [0.717, 1.165) is 18.5 Å². The van der Waals surface area contributed by atoms with Gasteiger partial charge in [-0.15, -0.1) is 0 Å². The summed E-state index contributed by atoms with van der Waals surface area (Å²) in [5.41, 5.74) is 5.81. The lowest BCUT2D eigenvalue weighted by atomic mass is 9.78. The summed E-state index contributed by atoms with van der Waals surface area (Å²) >= 11 is 0. The second-order valence-electron chi connectivity index (χ2n) is 5.34. The first-order chi connectivity index (χ1) is 7.22. The summed E-state index contributed by atoms with van der Waals surface area (Å²) in [4.78, 5) is 5.17. The minimum Gasteiger partial charge on any atom is -0.330 e. The van der Waals surface area contributed by atoms with Crippen LogP contribution < -0.4 is 5.73 Å². The molecule has 0 spiro atoms. The lowest BCUT2D eigenvalue weighted by Crippen LogP contribution is -2.54. The molecular formula is C12H25N3. The average molecular weight is 211 g/mol. The van der Waals surface area contributed by atoms with Crippen molar-refractivity contribution >= 4 is 0 Å². The van der Waals surface area contributed by atoms with E-state index in [0.29, 0.717) is 6.04 Å². The SMILES string of the molecule is CC1CN(C)CCCN1C1CCC1CN. The first-order valence-electron chi connectivity index (χ1n) is 6.36. The molecule has 1 saturated carbocycles. The monoisotopic (exact) mass is 211 g/mol. The lowest BCUT2D eigenvalue weighted by Gasteiger charge is -2.46. The minimum absolute atomic E-state index is 0.705. The Labute approximate surface area is 93.6 Å². The maximum atomic E-state index is 5.81. The van der Waals surface area contributed by atoms with Crippen LogP contribution in [0, 0.1) is 5.92 Å². The van der Waals surface area contributed by atoms with Gasteiger partial charge in [-0.05, 0) is 58.8 Å². The Bertz CT molecular complexity index is 205. The van der Waals surface area contributed by atoms with Gasteiger partial charge in [-0.1, -0.05) is 0 Å². The Balaban J connectivity index is 1.95. The van der Waals surface area contributed by atoms with Crippen LogP contribution in [0.2, 0.25) is 0 Å². The van der Waals surface area contributed by atoms with Gasteiger partial charge in [0.15, 0.2) is 0 Å². The van der Waals surface area contributed by atoms with Gasteiger partial charge in [-0.2, -0.15) is 0 Å². The topological polar surface area (TPSA) is 32.5 Å². The molecule has 1 aliphatic carbocycles. The van der Waals surface area contributed by atoms with Crippen molar-refractivity contribution in [2.75, 3.05) is 33.2 Å². The van der Waals surface area contributed by atoms with Crippen LogP contribution in [0.15, 0.2) is 0 Å². The van der Waals surface area contributed by atoms with Gasteiger partial charge in [-0.3, -0.25) is 4.90 Å². The fourth-order valence-electron chi connectivity index (χ4n) is 3.15. The number of hydrogen-bond acceptors (Lipinski definition) is 3. The molecule has 0 aromatic heterocycles. The van der Waals surface area contributed by atoms with Crippen molar-refractivity contribution in [3.05, 3.63) is 0 Å². The number of rotatable bonds is 2. The molecule has 1 aliphatic heterocycles. The highest BCUT2D eigenvalue weighted by molar-refractivity contribution is 4.92. The predicted molar refractivity (Wildman–Crippen MR) is 63.8 cm³/mol. The zero-order valence-corrected chi connectivity index (χ0v) is 10.2.